The zero-order chi connectivity index (χ0) is 26.7. The number of hydrogen-bond acceptors (Lipinski definition) is 4. The van der Waals surface area contributed by atoms with Crippen LogP contribution in [0, 0.1) is 0 Å². The van der Waals surface area contributed by atoms with Crippen LogP contribution in [-0.2, 0) is 0 Å². The summed E-state index contributed by atoms with van der Waals surface area (Å²) >= 11 is 3.67. The molecular formula is C36H19N3S2. The third-order valence-electron chi connectivity index (χ3n) is 8.40. The fraction of sp³-hybridized carbons (Fsp3) is 0. The highest BCUT2D eigenvalue weighted by molar-refractivity contribution is 7.99. The van der Waals surface area contributed by atoms with Crippen molar-refractivity contribution in [3.8, 4) is 22.6 Å². The predicted molar refractivity (Wildman–Crippen MR) is 174 cm³/mol. The van der Waals surface area contributed by atoms with Gasteiger partial charge in [-0.05, 0) is 41.1 Å². The van der Waals surface area contributed by atoms with Crippen LogP contribution in [-0.4, -0.2) is 15.0 Å². The molecule has 0 fully saturated rings. The van der Waals surface area contributed by atoms with Gasteiger partial charge in [-0.1, -0.05) is 90.6 Å². The minimum Gasteiger partial charge on any atom is -0.353 e. The lowest BCUT2D eigenvalue weighted by Gasteiger charge is -2.19. The van der Waals surface area contributed by atoms with E-state index < -0.39 is 0 Å². The van der Waals surface area contributed by atoms with Gasteiger partial charge in [0, 0.05) is 58.1 Å². The Bertz CT molecular complexity index is 2570. The number of hydrogen-bond donors (Lipinski definition) is 1. The number of aromatic amines is 1. The summed E-state index contributed by atoms with van der Waals surface area (Å²) in [5.41, 5.74) is 6.52. The second kappa shape index (κ2) is 7.94. The van der Waals surface area contributed by atoms with Crippen molar-refractivity contribution in [3.63, 3.8) is 0 Å². The number of benzene rings is 6. The van der Waals surface area contributed by atoms with Crippen molar-refractivity contribution < 1.29 is 0 Å². The third-order valence-corrected chi connectivity index (χ3v) is 10.7. The summed E-state index contributed by atoms with van der Waals surface area (Å²) in [5.74, 6) is 0.762. The number of thiophene rings is 1. The van der Waals surface area contributed by atoms with Crippen LogP contribution < -0.4 is 0 Å². The number of nitrogens with one attached hydrogen (secondary N) is 1. The highest BCUT2D eigenvalue weighted by Crippen LogP contribution is 2.49. The van der Waals surface area contributed by atoms with Gasteiger partial charge in [-0.2, -0.15) is 0 Å². The van der Waals surface area contributed by atoms with Crippen LogP contribution in [0.25, 0.3) is 86.3 Å². The molecule has 4 heterocycles. The van der Waals surface area contributed by atoms with Crippen LogP contribution in [0.5, 0.6) is 0 Å². The largest absolute Gasteiger partial charge is 0.353 e. The normalized spacial score (nSPS) is 12.8. The molecule has 6 aromatic carbocycles. The van der Waals surface area contributed by atoms with Crippen molar-refractivity contribution in [2.45, 2.75) is 9.79 Å². The smallest absolute Gasteiger partial charge is 0.161 e. The first-order valence-electron chi connectivity index (χ1n) is 13.7. The number of H-pyrrole nitrogens is 1. The molecule has 1 aliphatic heterocycles. The van der Waals surface area contributed by atoms with Crippen LogP contribution in [0.15, 0.2) is 119 Å². The molecule has 3 nitrogen and oxygen atoms in total. The Hall–Kier alpha value is -4.71. The highest BCUT2D eigenvalue weighted by atomic mass is 32.2. The Kier molecular flexibility index (Phi) is 4.27. The zero-order valence-corrected chi connectivity index (χ0v) is 23.2. The Balaban J connectivity index is 1.37. The van der Waals surface area contributed by atoms with Crippen molar-refractivity contribution in [2.24, 2.45) is 0 Å². The van der Waals surface area contributed by atoms with Crippen molar-refractivity contribution in [1.29, 1.82) is 0 Å². The topological polar surface area (TPSA) is 41.6 Å². The van der Waals surface area contributed by atoms with Crippen molar-refractivity contribution in [2.75, 3.05) is 0 Å². The van der Waals surface area contributed by atoms with E-state index in [0.717, 1.165) is 33.5 Å². The van der Waals surface area contributed by atoms with Gasteiger partial charge in [-0.15, -0.1) is 11.3 Å². The van der Waals surface area contributed by atoms with Crippen LogP contribution >= 0.6 is 23.1 Å². The Morgan fingerprint density at radius 2 is 1.27 bits per heavy atom. The number of fused-ring (bicyclic) bond motifs is 12. The SMILES string of the molecule is c1ccc2c(c1)Sc1cccc3nc(-c4cccc5[nH]c6c7sc8ccccc8c7c7ccccc7c6c45)nc-2c13. The van der Waals surface area contributed by atoms with Gasteiger partial charge in [-0.3, -0.25) is 0 Å². The quantitative estimate of drug-likeness (QED) is 0.218. The molecule has 1 aliphatic rings. The summed E-state index contributed by atoms with van der Waals surface area (Å²) < 4.78 is 2.61. The van der Waals surface area contributed by atoms with E-state index in [9.17, 15) is 0 Å². The summed E-state index contributed by atoms with van der Waals surface area (Å²) in [4.78, 5) is 16.8. The third kappa shape index (κ3) is 2.89. The maximum atomic E-state index is 5.32. The van der Waals surface area contributed by atoms with Gasteiger partial charge in [0.1, 0.15) is 0 Å². The molecule has 41 heavy (non-hydrogen) atoms. The first-order valence-corrected chi connectivity index (χ1v) is 15.3. The molecule has 0 amide bonds. The Morgan fingerprint density at radius 3 is 2.20 bits per heavy atom. The van der Waals surface area contributed by atoms with E-state index in [-0.39, 0.29) is 0 Å². The standard InChI is InChI=1S/C36H19N3S2/c1-2-10-20-19(9-1)29-21-11-3-5-16-26(21)41-35(29)34-31(20)30-23(13-7-14-24(30)37-34)36-38-25-15-8-18-28-32(25)33(39-36)22-12-4-6-17-27(22)40-28/h1-18,37H. The lowest BCUT2D eigenvalue weighted by molar-refractivity contribution is 1.20. The van der Waals surface area contributed by atoms with Crippen LogP contribution in [0.2, 0.25) is 0 Å². The molecule has 0 saturated carbocycles. The van der Waals surface area contributed by atoms with E-state index in [1.807, 2.05) is 11.3 Å². The molecule has 0 atom stereocenters. The van der Waals surface area contributed by atoms with Crippen LogP contribution in [0.1, 0.15) is 0 Å². The van der Waals surface area contributed by atoms with E-state index in [1.165, 1.54) is 62.6 Å². The molecule has 1 N–H and O–H groups in total. The Morgan fingerprint density at radius 1 is 0.537 bits per heavy atom. The van der Waals surface area contributed by atoms with Gasteiger partial charge in [0.15, 0.2) is 5.82 Å². The minimum absolute atomic E-state index is 0.762. The number of aromatic nitrogens is 3. The van der Waals surface area contributed by atoms with E-state index in [0.29, 0.717) is 0 Å². The van der Waals surface area contributed by atoms with Gasteiger partial charge in [0.05, 0.1) is 21.4 Å². The molecule has 0 radical (unpaired) electrons. The molecule has 0 saturated heterocycles. The average Bonchev–Trinajstić information content (AvgIpc) is 3.61. The van der Waals surface area contributed by atoms with E-state index in [4.69, 9.17) is 9.97 Å². The van der Waals surface area contributed by atoms with Crippen molar-refractivity contribution in [1.82, 2.24) is 15.0 Å². The van der Waals surface area contributed by atoms with E-state index in [2.05, 4.69) is 114 Å². The lowest BCUT2D eigenvalue weighted by Crippen LogP contribution is -2.00. The predicted octanol–water partition coefficient (Wildman–Crippen LogP) is 10.6. The highest BCUT2D eigenvalue weighted by Gasteiger charge is 2.24. The van der Waals surface area contributed by atoms with Crippen molar-refractivity contribution in [3.05, 3.63) is 109 Å². The molecule has 0 unspecified atom stereocenters. The fourth-order valence-corrected chi connectivity index (χ4v) is 9.04. The minimum atomic E-state index is 0.762. The van der Waals surface area contributed by atoms with Gasteiger partial charge in [0.25, 0.3) is 0 Å². The maximum Gasteiger partial charge on any atom is 0.161 e. The van der Waals surface area contributed by atoms with E-state index in [1.54, 1.807) is 11.8 Å². The molecule has 0 bridgehead atoms. The lowest BCUT2D eigenvalue weighted by atomic mass is 9.97. The second-order valence-corrected chi connectivity index (χ2v) is 12.7. The van der Waals surface area contributed by atoms with Gasteiger partial charge >= 0.3 is 0 Å². The molecule has 0 spiro atoms. The summed E-state index contributed by atoms with van der Waals surface area (Å²) in [6.07, 6.45) is 0. The maximum absolute atomic E-state index is 5.32. The Labute approximate surface area is 242 Å². The van der Waals surface area contributed by atoms with E-state index >= 15 is 0 Å². The summed E-state index contributed by atoms with van der Waals surface area (Å²) in [6, 6.07) is 39.0. The molecular weight excluding hydrogens is 539 g/mol. The molecule has 0 aliphatic carbocycles. The van der Waals surface area contributed by atoms with Crippen LogP contribution in [0.4, 0.5) is 0 Å². The van der Waals surface area contributed by atoms with Gasteiger partial charge in [-0.25, -0.2) is 9.97 Å². The monoisotopic (exact) mass is 557 g/mol. The fourth-order valence-electron chi connectivity index (χ4n) is 6.70. The molecule has 190 valence electrons. The van der Waals surface area contributed by atoms with Gasteiger partial charge < -0.3 is 4.98 Å². The second-order valence-electron chi connectivity index (χ2n) is 10.6. The first-order chi connectivity index (χ1) is 20.3. The molecule has 3 aromatic heterocycles. The summed E-state index contributed by atoms with van der Waals surface area (Å²) in [7, 11) is 0. The summed E-state index contributed by atoms with van der Waals surface area (Å²) in [6.45, 7) is 0. The number of nitrogens with zero attached hydrogens (tertiary/aromatic N) is 2. The van der Waals surface area contributed by atoms with Crippen molar-refractivity contribution >= 4 is 86.8 Å². The molecule has 9 aromatic rings. The number of rotatable bonds is 1. The average molecular weight is 558 g/mol. The summed E-state index contributed by atoms with van der Waals surface area (Å²) in [5, 5.41) is 8.75. The van der Waals surface area contributed by atoms with Crippen LogP contribution in [0.3, 0.4) is 0 Å². The molecule has 5 heteroatoms. The van der Waals surface area contributed by atoms with Gasteiger partial charge in [0.2, 0.25) is 0 Å². The zero-order valence-electron chi connectivity index (χ0n) is 21.6. The first kappa shape index (κ1) is 22.0. The molecule has 10 rings (SSSR count).